The minimum atomic E-state index is -0.744. The van der Waals surface area contributed by atoms with Gasteiger partial charge in [-0.2, -0.15) is 0 Å². The van der Waals surface area contributed by atoms with E-state index in [0.29, 0.717) is 27.0 Å². The summed E-state index contributed by atoms with van der Waals surface area (Å²) in [5.41, 5.74) is 2.89. The fourth-order valence-electron chi connectivity index (χ4n) is 5.30. The van der Waals surface area contributed by atoms with E-state index in [1.807, 2.05) is 43.3 Å². The Hall–Kier alpha value is -4.15. The number of thioether (sulfide) groups is 1. The molecule has 4 aromatic rings. The number of rotatable bonds is 6. The number of nitrogens with zero attached hydrogens (tertiary/aromatic N) is 2. The number of carbonyl (C=O) groups is 3. The van der Waals surface area contributed by atoms with Crippen molar-refractivity contribution in [1.29, 1.82) is 0 Å². The Balaban J connectivity index is 1.42. The normalized spacial score (nSPS) is 19.8. The number of fused-ring (bicyclic) bond motifs is 2. The maximum Gasteiger partial charge on any atom is 0.308 e. The van der Waals surface area contributed by atoms with Crippen LogP contribution in [0.1, 0.15) is 21.9 Å². The number of imide groups is 1. The molecule has 6 rings (SSSR count). The van der Waals surface area contributed by atoms with Crippen LogP contribution in [-0.2, 0) is 20.9 Å². The third-order valence-corrected chi connectivity index (χ3v) is 9.86. The highest BCUT2D eigenvalue weighted by Gasteiger charge is 2.56. The molecule has 0 bridgehead atoms. The molecule has 10 heteroatoms. The number of nitrogens with one attached hydrogen (secondary N) is 1. The molecular formula is C30H25N3O5S2. The van der Waals surface area contributed by atoms with Gasteiger partial charge >= 0.3 is 4.87 Å². The van der Waals surface area contributed by atoms with Gasteiger partial charge in [-0.25, -0.2) is 4.90 Å². The van der Waals surface area contributed by atoms with E-state index < -0.39 is 17.1 Å². The number of ether oxygens (including phenoxy) is 1. The topological polar surface area (TPSA) is 97.7 Å². The predicted octanol–water partition coefficient (Wildman–Crippen LogP) is 4.66. The second-order valence-corrected chi connectivity index (χ2v) is 11.8. The Morgan fingerprint density at radius 1 is 0.925 bits per heavy atom. The largest absolute Gasteiger partial charge is 0.497 e. The van der Waals surface area contributed by atoms with E-state index in [0.717, 1.165) is 22.5 Å². The van der Waals surface area contributed by atoms with E-state index in [-0.39, 0.29) is 29.1 Å². The summed E-state index contributed by atoms with van der Waals surface area (Å²) in [6, 6.07) is 23.6. The molecule has 40 heavy (non-hydrogen) atoms. The molecule has 0 unspecified atom stereocenters. The van der Waals surface area contributed by atoms with Gasteiger partial charge in [-0.05, 0) is 48.4 Å². The van der Waals surface area contributed by atoms with Crippen LogP contribution >= 0.6 is 23.1 Å². The molecule has 3 aromatic carbocycles. The van der Waals surface area contributed by atoms with Crippen molar-refractivity contribution in [2.75, 3.05) is 17.3 Å². The van der Waals surface area contributed by atoms with E-state index in [1.54, 1.807) is 49.6 Å². The second kappa shape index (κ2) is 10.4. The van der Waals surface area contributed by atoms with Crippen LogP contribution in [0, 0.1) is 12.8 Å². The van der Waals surface area contributed by atoms with E-state index in [1.165, 1.54) is 21.2 Å². The first-order chi connectivity index (χ1) is 19.4. The quantitative estimate of drug-likeness (QED) is 0.338. The van der Waals surface area contributed by atoms with Gasteiger partial charge in [-0.3, -0.25) is 23.7 Å². The first-order valence-electron chi connectivity index (χ1n) is 12.7. The maximum absolute atomic E-state index is 13.9. The van der Waals surface area contributed by atoms with Crippen LogP contribution in [0.4, 0.5) is 11.4 Å². The Labute approximate surface area is 238 Å². The summed E-state index contributed by atoms with van der Waals surface area (Å²) in [6.45, 7) is 1.69. The first kappa shape index (κ1) is 26.1. The van der Waals surface area contributed by atoms with Crippen LogP contribution in [0.5, 0.6) is 5.75 Å². The van der Waals surface area contributed by atoms with Gasteiger partial charge in [-0.1, -0.05) is 71.6 Å². The fraction of sp³-hybridized carbons (Fsp3) is 0.200. The summed E-state index contributed by atoms with van der Waals surface area (Å²) in [5, 5.41) is 2.69. The molecular weight excluding hydrogens is 546 g/mol. The molecule has 0 radical (unpaired) electrons. The van der Waals surface area contributed by atoms with Gasteiger partial charge in [0.1, 0.15) is 17.5 Å². The van der Waals surface area contributed by atoms with E-state index in [2.05, 4.69) is 5.32 Å². The number of aromatic nitrogens is 1. The van der Waals surface area contributed by atoms with Gasteiger partial charge in [0.15, 0.2) is 0 Å². The molecule has 8 nitrogen and oxygen atoms in total. The molecule has 202 valence electrons. The van der Waals surface area contributed by atoms with Crippen LogP contribution < -0.4 is 19.8 Å². The third-order valence-electron chi connectivity index (χ3n) is 7.26. The Kier molecular flexibility index (Phi) is 6.81. The Bertz CT molecular complexity index is 1680. The van der Waals surface area contributed by atoms with Crippen molar-refractivity contribution in [3.63, 3.8) is 0 Å². The van der Waals surface area contributed by atoms with Crippen molar-refractivity contribution < 1.29 is 19.1 Å². The van der Waals surface area contributed by atoms with Crippen molar-refractivity contribution in [1.82, 2.24) is 4.57 Å². The standard InChI is InChI=1S/C30H25N3O5S2/c1-17-8-6-7-11-21(17)31-22(34)16-32-29-26(40-30(32)37)23(18-12-14-20(38-2)15-13-18)24-25(39-29)28(36)33(27(24)35)19-9-4-3-5-10-19/h3-15,23-25H,16H2,1-2H3,(H,31,34)/t23-,24-,25+/m0/s1. The summed E-state index contributed by atoms with van der Waals surface area (Å²) in [4.78, 5) is 55.6. The van der Waals surface area contributed by atoms with Crippen LogP contribution in [-0.4, -0.2) is 34.6 Å². The minimum absolute atomic E-state index is 0.205. The van der Waals surface area contributed by atoms with Crippen molar-refractivity contribution >= 4 is 52.2 Å². The lowest BCUT2D eigenvalue weighted by atomic mass is 9.83. The molecule has 1 saturated heterocycles. The molecule has 3 atom stereocenters. The summed E-state index contributed by atoms with van der Waals surface area (Å²) in [6.07, 6.45) is 0. The van der Waals surface area contributed by atoms with Crippen molar-refractivity contribution in [2.24, 2.45) is 5.92 Å². The lowest BCUT2D eigenvalue weighted by molar-refractivity contribution is -0.122. The number of carbonyl (C=O) groups excluding carboxylic acids is 3. The van der Waals surface area contributed by atoms with Gasteiger partial charge in [0.05, 0.1) is 23.7 Å². The van der Waals surface area contributed by atoms with Gasteiger partial charge in [0, 0.05) is 16.5 Å². The Morgan fingerprint density at radius 2 is 1.62 bits per heavy atom. The summed E-state index contributed by atoms with van der Waals surface area (Å²) in [5.74, 6) is -1.55. The minimum Gasteiger partial charge on any atom is -0.497 e. The highest BCUT2D eigenvalue weighted by molar-refractivity contribution is 8.00. The zero-order valence-electron chi connectivity index (χ0n) is 21.7. The lowest BCUT2D eigenvalue weighted by Crippen LogP contribution is -2.33. The van der Waals surface area contributed by atoms with Crippen LogP contribution in [0.2, 0.25) is 0 Å². The van der Waals surface area contributed by atoms with Gasteiger partial charge in [0.2, 0.25) is 17.7 Å². The Morgan fingerprint density at radius 3 is 2.33 bits per heavy atom. The summed E-state index contributed by atoms with van der Waals surface area (Å²) < 4.78 is 6.75. The van der Waals surface area contributed by atoms with E-state index in [9.17, 15) is 19.2 Å². The van der Waals surface area contributed by atoms with Gasteiger partial charge < -0.3 is 10.1 Å². The number of hydrogen-bond donors (Lipinski definition) is 1. The highest BCUT2D eigenvalue weighted by atomic mass is 32.2. The molecule has 1 N–H and O–H groups in total. The lowest BCUT2D eigenvalue weighted by Gasteiger charge is -2.30. The number of benzene rings is 3. The fourth-order valence-corrected chi connectivity index (χ4v) is 8.08. The average molecular weight is 572 g/mol. The monoisotopic (exact) mass is 571 g/mol. The number of amides is 3. The molecule has 3 amide bonds. The number of methoxy groups -OCH3 is 1. The van der Waals surface area contributed by atoms with Crippen molar-refractivity contribution in [3.8, 4) is 5.75 Å². The van der Waals surface area contributed by atoms with E-state index in [4.69, 9.17) is 4.74 Å². The molecule has 2 aliphatic rings. The summed E-state index contributed by atoms with van der Waals surface area (Å²) >= 11 is 2.22. The molecule has 0 saturated carbocycles. The average Bonchev–Trinajstić information content (AvgIpc) is 3.41. The summed E-state index contributed by atoms with van der Waals surface area (Å²) in [7, 11) is 1.57. The number of anilines is 2. The van der Waals surface area contributed by atoms with Gasteiger partial charge in [-0.15, -0.1) is 0 Å². The second-order valence-electron chi connectivity index (χ2n) is 9.65. The smallest absolute Gasteiger partial charge is 0.308 e. The van der Waals surface area contributed by atoms with Gasteiger partial charge in [0.25, 0.3) is 0 Å². The maximum atomic E-state index is 13.9. The van der Waals surface area contributed by atoms with Crippen molar-refractivity contribution in [2.45, 2.75) is 29.7 Å². The van der Waals surface area contributed by atoms with Crippen LogP contribution in [0.15, 0.2) is 88.7 Å². The number of thiazole rings is 1. The SMILES string of the molecule is COc1ccc([C@@H]2c3sc(=O)n(CC(=O)Nc4ccccc4C)c3S[C@H]3C(=O)N(c4ccccc4)C(=O)[C@@H]23)cc1. The highest BCUT2D eigenvalue weighted by Crippen LogP contribution is 2.54. The molecule has 1 fully saturated rings. The zero-order valence-corrected chi connectivity index (χ0v) is 23.3. The third kappa shape index (κ3) is 4.43. The molecule has 1 aromatic heterocycles. The van der Waals surface area contributed by atoms with Crippen LogP contribution in [0.3, 0.4) is 0 Å². The molecule has 3 heterocycles. The molecule has 2 aliphatic heterocycles. The molecule has 0 spiro atoms. The number of hydrogen-bond acceptors (Lipinski definition) is 7. The number of para-hydroxylation sites is 2. The predicted molar refractivity (Wildman–Crippen MR) is 155 cm³/mol. The zero-order chi connectivity index (χ0) is 28.0. The van der Waals surface area contributed by atoms with Crippen molar-refractivity contribution in [3.05, 3.63) is 105 Å². The molecule has 0 aliphatic carbocycles. The van der Waals surface area contributed by atoms with E-state index >= 15 is 0 Å². The first-order valence-corrected chi connectivity index (χ1v) is 14.4. The van der Waals surface area contributed by atoms with Crippen LogP contribution in [0.25, 0.3) is 0 Å². The number of aryl methyl sites for hydroxylation is 1.